The van der Waals surface area contributed by atoms with Gasteiger partial charge in [0.1, 0.15) is 11.3 Å². The summed E-state index contributed by atoms with van der Waals surface area (Å²) in [6.45, 7) is 0. The third-order valence-corrected chi connectivity index (χ3v) is 4.51. The van der Waals surface area contributed by atoms with Crippen molar-refractivity contribution in [2.75, 3.05) is 14.1 Å². The molecule has 7 nitrogen and oxygen atoms in total. The second kappa shape index (κ2) is 6.01. The van der Waals surface area contributed by atoms with Gasteiger partial charge in [0.15, 0.2) is 5.69 Å². The molecule has 0 saturated heterocycles. The fourth-order valence-electron chi connectivity index (χ4n) is 3.22. The van der Waals surface area contributed by atoms with E-state index in [4.69, 9.17) is 0 Å². The largest absolute Gasteiger partial charge is 0.343 e. The lowest BCUT2D eigenvalue weighted by molar-refractivity contribution is 0.0822. The Hall–Kier alpha value is -3.55. The summed E-state index contributed by atoms with van der Waals surface area (Å²) in [6, 6.07) is 7.48. The number of pyridine rings is 1. The number of carbonyl (C=O) groups excluding carboxylic acids is 1. The molecule has 0 aliphatic rings. The molecule has 3 aromatic heterocycles. The lowest BCUT2D eigenvalue weighted by atomic mass is 10.1. The number of hydrogen-bond acceptors (Lipinski definition) is 4. The van der Waals surface area contributed by atoms with E-state index in [9.17, 15) is 14.0 Å². The van der Waals surface area contributed by atoms with E-state index in [-0.39, 0.29) is 17.1 Å². The van der Waals surface area contributed by atoms with Gasteiger partial charge in [0, 0.05) is 44.3 Å². The third-order valence-electron chi connectivity index (χ3n) is 4.51. The van der Waals surface area contributed by atoms with E-state index in [1.807, 2.05) is 0 Å². The molecule has 4 rings (SSSR count). The number of nitrogens with zero attached hydrogens (tertiary/aromatic N) is 5. The maximum absolute atomic E-state index is 13.8. The van der Waals surface area contributed by atoms with E-state index in [2.05, 4.69) is 10.1 Å². The summed E-state index contributed by atoms with van der Waals surface area (Å²) in [4.78, 5) is 31.4. The number of aryl methyl sites for hydroxylation is 1. The maximum atomic E-state index is 13.8. The van der Waals surface area contributed by atoms with Gasteiger partial charge in [0.25, 0.3) is 11.5 Å². The van der Waals surface area contributed by atoms with Crippen molar-refractivity contribution < 1.29 is 9.18 Å². The first-order valence-corrected chi connectivity index (χ1v) is 8.23. The fraction of sp³-hybridized carbons (Fsp3) is 0.158. The number of aromatic nitrogens is 4. The quantitative estimate of drug-likeness (QED) is 0.545. The molecule has 0 bridgehead atoms. The number of halogens is 1. The van der Waals surface area contributed by atoms with Gasteiger partial charge in [0.05, 0.1) is 11.2 Å². The first-order chi connectivity index (χ1) is 12.9. The number of benzene rings is 1. The summed E-state index contributed by atoms with van der Waals surface area (Å²) in [7, 11) is 4.90. The van der Waals surface area contributed by atoms with Gasteiger partial charge in [-0.15, -0.1) is 0 Å². The molecule has 0 unspecified atom stereocenters. The lowest BCUT2D eigenvalue weighted by Crippen LogP contribution is -2.29. The minimum Gasteiger partial charge on any atom is -0.343 e. The van der Waals surface area contributed by atoms with Gasteiger partial charge in [-0.05, 0) is 30.3 Å². The molecule has 0 aliphatic heterocycles. The van der Waals surface area contributed by atoms with Crippen LogP contribution in [0.5, 0.6) is 0 Å². The number of carbonyl (C=O) groups is 1. The van der Waals surface area contributed by atoms with Crippen LogP contribution in [0, 0.1) is 5.82 Å². The van der Waals surface area contributed by atoms with Crippen molar-refractivity contribution in [3.63, 3.8) is 0 Å². The summed E-state index contributed by atoms with van der Waals surface area (Å²) in [5.41, 5.74) is 1.02. The minimum atomic E-state index is -0.420. The SMILES string of the molecule is CN(C)C(=O)c1nn(-c2ccncc2)c(=O)c2c1c1ccc(F)cc1n2C. The molecule has 0 spiro atoms. The first kappa shape index (κ1) is 16.9. The summed E-state index contributed by atoms with van der Waals surface area (Å²) in [6.07, 6.45) is 3.08. The van der Waals surface area contributed by atoms with E-state index in [1.165, 1.54) is 34.1 Å². The number of hydrogen-bond donors (Lipinski definition) is 0. The Balaban J connectivity index is 2.23. The van der Waals surface area contributed by atoms with E-state index in [1.54, 1.807) is 43.9 Å². The standard InChI is InChI=1S/C19H16FN5O2/c1-23(2)18(26)16-15-13-5-4-11(20)10-14(13)24(3)17(15)19(27)25(22-16)12-6-8-21-9-7-12/h4-10H,1-3H3. The Bertz CT molecular complexity index is 1260. The Labute approximate surface area is 153 Å². The first-order valence-electron chi connectivity index (χ1n) is 8.23. The number of rotatable bonds is 2. The van der Waals surface area contributed by atoms with Crippen LogP contribution in [-0.4, -0.2) is 44.2 Å². The van der Waals surface area contributed by atoms with E-state index in [0.29, 0.717) is 22.0 Å². The Morgan fingerprint density at radius 1 is 1.15 bits per heavy atom. The van der Waals surface area contributed by atoms with Crippen LogP contribution < -0.4 is 5.56 Å². The topological polar surface area (TPSA) is 73.0 Å². The zero-order valence-electron chi connectivity index (χ0n) is 15.0. The monoisotopic (exact) mass is 365 g/mol. The highest BCUT2D eigenvalue weighted by atomic mass is 19.1. The third kappa shape index (κ3) is 2.49. The van der Waals surface area contributed by atoms with Crippen LogP contribution in [0.1, 0.15) is 10.5 Å². The molecule has 3 heterocycles. The summed E-state index contributed by atoms with van der Waals surface area (Å²) >= 11 is 0. The number of amides is 1. The normalized spacial score (nSPS) is 11.3. The van der Waals surface area contributed by atoms with Crippen LogP contribution >= 0.6 is 0 Å². The molecule has 0 atom stereocenters. The van der Waals surface area contributed by atoms with Gasteiger partial charge in [-0.2, -0.15) is 9.78 Å². The second-order valence-electron chi connectivity index (χ2n) is 6.41. The highest BCUT2D eigenvalue weighted by molar-refractivity contribution is 6.16. The highest BCUT2D eigenvalue weighted by Crippen LogP contribution is 2.29. The molecule has 0 fully saturated rings. The Morgan fingerprint density at radius 2 is 1.85 bits per heavy atom. The van der Waals surface area contributed by atoms with Crippen molar-refractivity contribution >= 4 is 27.7 Å². The van der Waals surface area contributed by atoms with Crippen molar-refractivity contribution in [1.29, 1.82) is 0 Å². The molecule has 1 amide bonds. The van der Waals surface area contributed by atoms with Crippen LogP contribution in [0.3, 0.4) is 0 Å². The molecule has 27 heavy (non-hydrogen) atoms. The smallest absolute Gasteiger partial charge is 0.296 e. The van der Waals surface area contributed by atoms with Crippen LogP contribution in [0.25, 0.3) is 27.5 Å². The van der Waals surface area contributed by atoms with E-state index >= 15 is 0 Å². The predicted molar refractivity (Wildman–Crippen MR) is 99.6 cm³/mol. The average Bonchev–Trinajstić information content (AvgIpc) is 2.95. The number of fused-ring (bicyclic) bond motifs is 3. The molecule has 8 heteroatoms. The summed E-state index contributed by atoms with van der Waals surface area (Å²) in [5.74, 6) is -0.768. The van der Waals surface area contributed by atoms with Crippen molar-refractivity contribution in [3.8, 4) is 5.69 Å². The van der Waals surface area contributed by atoms with Crippen LogP contribution in [0.2, 0.25) is 0 Å². The van der Waals surface area contributed by atoms with Crippen LogP contribution in [-0.2, 0) is 7.05 Å². The van der Waals surface area contributed by atoms with E-state index < -0.39 is 11.4 Å². The summed E-state index contributed by atoms with van der Waals surface area (Å²) < 4.78 is 16.6. The molecule has 0 aliphatic carbocycles. The average molecular weight is 365 g/mol. The Morgan fingerprint density at radius 3 is 2.52 bits per heavy atom. The van der Waals surface area contributed by atoms with Crippen molar-refractivity contribution in [2.24, 2.45) is 7.05 Å². The molecule has 4 aromatic rings. The van der Waals surface area contributed by atoms with Gasteiger partial charge < -0.3 is 9.47 Å². The lowest BCUT2D eigenvalue weighted by Gasteiger charge is -2.13. The summed E-state index contributed by atoms with van der Waals surface area (Å²) in [5, 5.41) is 5.38. The molecule has 0 saturated carbocycles. The van der Waals surface area contributed by atoms with Crippen molar-refractivity contribution in [3.05, 3.63) is 64.6 Å². The highest BCUT2D eigenvalue weighted by Gasteiger charge is 2.24. The van der Waals surface area contributed by atoms with Gasteiger partial charge >= 0.3 is 0 Å². The van der Waals surface area contributed by atoms with Gasteiger partial charge in [-0.25, -0.2) is 4.39 Å². The van der Waals surface area contributed by atoms with Crippen molar-refractivity contribution in [1.82, 2.24) is 24.2 Å². The molecule has 0 radical (unpaired) electrons. The van der Waals surface area contributed by atoms with Gasteiger partial charge in [-0.3, -0.25) is 14.6 Å². The molecular weight excluding hydrogens is 349 g/mol. The maximum Gasteiger partial charge on any atom is 0.296 e. The second-order valence-corrected chi connectivity index (χ2v) is 6.41. The van der Waals surface area contributed by atoms with Gasteiger partial charge in [0.2, 0.25) is 0 Å². The van der Waals surface area contributed by atoms with Crippen molar-refractivity contribution in [2.45, 2.75) is 0 Å². The van der Waals surface area contributed by atoms with Crippen LogP contribution in [0.4, 0.5) is 4.39 Å². The predicted octanol–water partition coefficient (Wildman–Crippen LogP) is 2.11. The molecular formula is C19H16FN5O2. The zero-order valence-corrected chi connectivity index (χ0v) is 15.0. The Kier molecular flexibility index (Phi) is 3.76. The minimum absolute atomic E-state index is 0.128. The van der Waals surface area contributed by atoms with E-state index in [0.717, 1.165) is 0 Å². The fourth-order valence-corrected chi connectivity index (χ4v) is 3.22. The molecule has 0 N–H and O–H groups in total. The van der Waals surface area contributed by atoms with Crippen LogP contribution in [0.15, 0.2) is 47.5 Å². The van der Waals surface area contributed by atoms with Gasteiger partial charge in [-0.1, -0.05) is 0 Å². The zero-order chi connectivity index (χ0) is 19.3. The molecule has 136 valence electrons. The molecule has 1 aromatic carbocycles.